The number of halogens is 2. The number of nitrogens with zero attached hydrogens (tertiary/aromatic N) is 4. The van der Waals surface area contributed by atoms with Crippen LogP contribution in [0.15, 0.2) is 24.5 Å². The zero-order valence-corrected chi connectivity index (χ0v) is 15.6. The molecule has 128 valence electrons. The van der Waals surface area contributed by atoms with E-state index in [2.05, 4.69) is 10.1 Å². The van der Waals surface area contributed by atoms with Crippen molar-refractivity contribution in [1.29, 1.82) is 0 Å². The van der Waals surface area contributed by atoms with Crippen LogP contribution in [0.1, 0.15) is 21.1 Å². The predicted molar refractivity (Wildman–Crippen MR) is 97.7 cm³/mol. The number of imidazole rings is 1. The minimum absolute atomic E-state index is 0.0555. The Kier molecular flexibility index (Phi) is 3.94. The van der Waals surface area contributed by atoms with Gasteiger partial charge in [0.25, 0.3) is 0 Å². The molecule has 0 aliphatic rings. The van der Waals surface area contributed by atoms with Crippen molar-refractivity contribution >= 4 is 56.4 Å². The quantitative estimate of drug-likeness (QED) is 0.487. The van der Waals surface area contributed by atoms with Crippen LogP contribution in [0.4, 0.5) is 0 Å². The van der Waals surface area contributed by atoms with E-state index in [0.717, 1.165) is 15.9 Å². The first-order chi connectivity index (χ1) is 11.9. The molecule has 0 aliphatic carbocycles. The summed E-state index contributed by atoms with van der Waals surface area (Å²) in [4.78, 5) is 18.2. The van der Waals surface area contributed by atoms with E-state index in [9.17, 15) is 4.79 Å². The van der Waals surface area contributed by atoms with Crippen molar-refractivity contribution in [3.63, 3.8) is 0 Å². The minimum Gasteiger partial charge on any atom is -0.455 e. The van der Waals surface area contributed by atoms with Gasteiger partial charge in [-0.3, -0.25) is 4.68 Å². The summed E-state index contributed by atoms with van der Waals surface area (Å²) in [5.41, 5.74) is 2.05. The monoisotopic (exact) mass is 394 g/mol. The van der Waals surface area contributed by atoms with Gasteiger partial charge in [-0.2, -0.15) is 5.10 Å². The molecule has 4 heterocycles. The highest BCUT2D eigenvalue weighted by molar-refractivity contribution is 7.20. The van der Waals surface area contributed by atoms with Crippen LogP contribution in [-0.2, 0) is 18.4 Å². The van der Waals surface area contributed by atoms with Crippen LogP contribution in [0.3, 0.4) is 0 Å². The average molecular weight is 395 g/mol. The number of aromatic nitrogens is 4. The molecule has 0 fully saturated rings. The zero-order chi connectivity index (χ0) is 17.7. The fourth-order valence-corrected chi connectivity index (χ4v) is 4.21. The fourth-order valence-electron chi connectivity index (χ4n) is 2.66. The minimum atomic E-state index is -0.387. The Morgan fingerprint density at radius 3 is 2.88 bits per heavy atom. The maximum absolute atomic E-state index is 12.3. The number of rotatable bonds is 3. The van der Waals surface area contributed by atoms with Crippen LogP contribution in [0, 0.1) is 6.92 Å². The van der Waals surface area contributed by atoms with Gasteiger partial charge in [0.2, 0.25) is 0 Å². The summed E-state index contributed by atoms with van der Waals surface area (Å²) in [6.45, 7) is 1.97. The lowest BCUT2D eigenvalue weighted by atomic mass is 10.3. The summed E-state index contributed by atoms with van der Waals surface area (Å²) in [6, 6.07) is 3.43. The van der Waals surface area contributed by atoms with E-state index >= 15 is 0 Å². The van der Waals surface area contributed by atoms with Gasteiger partial charge in [-0.25, -0.2) is 9.78 Å². The second-order valence-electron chi connectivity index (χ2n) is 5.58. The van der Waals surface area contributed by atoms with Crippen LogP contribution in [0.25, 0.3) is 15.9 Å². The van der Waals surface area contributed by atoms with Gasteiger partial charge in [-0.15, -0.1) is 11.3 Å². The molecular formula is C16H12Cl2N4O2S. The molecule has 0 atom stereocenters. The van der Waals surface area contributed by atoms with Crippen molar-refractivity contribution in [2.45, 2.75) is 13.5 Å². The molecule has 6 nitrogen and oxygen atoms in total. The van der Waals surface area contributed by atoms with Crippen molar-refractivity contribution < 1.29 is 9.53 Å². The van der Waals surface area contributed by atoms with Gasteiger partial charge in [0.15, 0.2) is 5.65 Å². The van der Waals surface area contributed by atoms with Gasteiger partial charge in [-0.05, 0) is 19.1 Å². The first-order valence-corrected chi connectivity index (χ1v) is 8.92. The summed E-state index contributed by atoms with van der Waals surface area (Å²) >= 11 is 13.4. The van der Waals surface area contributed by atoms with Crippen LogP contribution >= 0.6 is 34.5 Å². The van der Waals surface area contributed by atoms with Gasteiger partial charge >= 0.3 is 5.97 Å². The number of carbonyl (C=O) groups excluding carboxylic acids is 1. The Morgan fingerprint density at radius 2 is 2.12 bits per heavy atom. The summed E-state index contributed by atoms with van der Waals surface area (Å²) in [5, 5.41) is 6.24. The molecule has 0 amide bonds. The van der Waals surface area contributed by atoms with Crippen molar-refractivity contribution in [3.05, 3.63) is 50.8 Å². The average Bonchev–Trinajstić information content (AvgIpc) is 3.21. The molecule has 0 radical (unpaired) electrons. The summed E-state index contributed by atoms with van der Waals surface area (Å²) in [7, 11) is 1.85. The number of fused-ring (bicyclic) bond motifs is 2. The number of aryl methyl sites for hydroxylation is 2. The van der Waals surface area contributed by atoms with Gasteiger partial charge in [0, 0.05) is 24.8 Å². The summed E-state index contributed by atoms with van der Waals surface area (Å²) in [6.07, 6.45) is 3.43. The van der Waals surface area contributed by atoms with E-state index in [-0.39, 0.29) is 12.6 Å². The van der Waals surface area contributed by atoms with Crippen molar-refractivity contribution in [1.82, 2.24) is 19.2 Å². The number of ether oxygens (including phenoxy) is 1. The van der Waals surface area contributed by atoms with Crippen molar-refractivity contribution in [2.24, 2.45) is 7.05 Å². The largest absolute Gasteiger partial charge is 0.455 e. The second-order valence-corrected chi connectivity index (χ2v) is 7.46. The van der Waals surface area contributed by atoms with Gasteiger partial charge in [-0.1, -0.05) is 23.2 Å². The third-order valence-electron chi connectivity index (χ3n) is 3.77. The maximum Gasteiger partial charge on any atom is 0.348 e. The molecular weight excluding hydrogens is 383 g/mol. The molecule has 9 heteroatoms. The number of esters is 1. The molecule has 0 aliphatic heterocycles. The highest BCUT2D eigenvalue weighted by Gasteiger charge is 2.17. The molecule has 4 rings (SSSR count). The Labute approximate surface area is 156 Å². The molecule has 0 unspecified atom stereocenters. The van der Waals surface area contributed by atoms with Crippen molar-refractivity contribution in [2.75, 3.05) is 0 Å². The predicted octanol–water partition coefficient (Wildman–Crippen LogP) is 4.25. The van der Waals surface area contributed by atoms with Crippen LogP contribution in [0.5, 0.6) is 0 Å². The van der Waals surface area contributed by atoms with Crippen LogP contribution in [0.2, 0.25) is 10.0 Å². The van der Waals surface area contributed by atoms with E-state index in [0.29, 0.717) is 26.3 Å². The number of carbonyl (C=O) groups is 1. The van der Waals surface area contributed by atoms with Gasteiger partial charge in [0.1, 0.15) is 16.3 Å². The molecule has 0 N–H and O–H groups in total. The standard InChI is InChI=1S/C16H12Cl2N4O2S/c1-8-11-4-13(25-15(11)21(2)20-8)16(23)24-7-10-6-22-5-9(17)3-12(18)14(22)19-10/h3-6H,7H2,1-2H3. The highest BCUT2D eigenvalue weighted by atomic mass is 35.5. The smallest absolute Gasteiger partial charge is 0.348 e. The molecule has 25 heavy (non-hydrogen) atoms. The van der Waals surface area contributed by atoms with E-state index in [1.807, 2.05) is 20.0 Å². The zero-order valence-electron chi connectivity index (χ0n) is 13.3. The molecule has 4 aromatic heterocycles. The Bertz CT molecular complexity index is 1090. The third kappa shape index (κ3) is 2.88. The maximum atomic E-state index is 12.3. The Balaban J connectivity index is 1.54. The lowest BCUT2D eigenvalue weighted by molar-refractivity contribution is 0.0474. The molecule has 0 saturated heterocycles. The second kappa shape index (κ2) is 6.01. The molecule has 0 spiro atoms. The lowest BCUT2D eigenvalue weighted by Crippen LogP contribution is -2.03. The van der Waals surface area contributed by atoms with Crippen LogP contribution < -0.4 is 0 Å². The van der Waals surface area contributed by atoms with E-state index in [1.165, 1.54) is 11.3 Å². The summed E-state index contributed by atoms with van der Waals surface area (Å²) in [5.74, 6) is -0.387. The Morgan fingerprint density at radius 1 is 1.32 bits per heavy atom. The number of hydrogen-bond donors (Lipinski definition) is 0. The lowest BCUT2D eigenvalue weighted by Gasteiger charge is -1.99. The number of hydrogen-bond acceptors (Lipinski definition) is 5. The van der Waals surface area contributed by atoms with E-state index < -0.39 is 0 Å². The SMILES string of the molecule is Cc1nn(C)c2sc(C(=O)OCc3cn4cc(Cl)cc(Cl)c4n3)cc12. The molecule has 0 saturated carbocycles. The highest BCUT2D eigenvalue weighted by Crippen LogP contribution is 2.28. The summed E-state index contributed by atoms with van der Waals surface area (Å²) < 4.78 is 8.86. The fraction of sp³-hybridized carbons (Fsp3) is 0.188. The van der Waals surface area contributed by atoms with Gasteiger partial charge in [0.05, 0.1) is 21.4 Å². The van der Waals surface area contributed by atoms with Gasteiger partial charge < -0.3 is 9.14 Å². The topological polar surface area (TPSA) is 61.4 Å². The molecule has 4 aromatic rings. The Hall–Kier alpha value is -2.09. The van der Waals surface area contributed by atoms with Crippen LogP contribution in [-0.4, -0.2) is 25.1 Å². The number of thiophene rings is 1. The first-order valence-electron chi connectivity index (χ1n) is 7.35. The molecule has 0 bridgehead atoms. The normalized spacial score (nSPS) is 11.5. The number of pyridine rings is 1. The van der Waals surface area contributed by atoms with E-state index in [4.69, 9.17) is 27.9 Å². The first kappa shape index (κ1) is 16.4. The van der Waals surface area contributed by atoms with Crippen molar-refractivity contribution in [3.8, 4) is 0 Å². The van der Waals surface area contributed by atoms with E-state index in [1.54, 1.807) is 27.5 Å². The molecule has 0 aromatic carbocycles. The third-order valence-corrected chi connectivity index (χ3v) is 5.44.